The van der Waals surface area contributed by atoms with E-state index in [0.717, 1.165) is 11.6 Å². The highest BCUT2D eigenvalue weighted by Gasteiger charge is 2.18. The summed E-state index contributed by atoms with van der Waals surface area (Å²) in [6.45, 7) is 0.135. The maximum absolute atomic E-state index is 10.9. The predicted octanol–water partition coefficient (Wildman–Crippen LogP) is 2.27. The monoisotopic (exact) mass is 274 g/mol. The molecule has 1 heterocycles. The van der Waals surface area contributed by atoms with Crippen molar-refractivity contribution >= 4 is 11.7 Å². The number of aromatic carboxylic acids is 1. The lowest BCUT2D eigenvalue weighted by Crippen LogP contribution is -2.02. The van der Waals surface area contributed by atoms with Crippen molar-refractivity contribution in [2.45, 2.75) is 6.61 Å². The number of nitrogens with zero attached hydrogens (tertiary/aromatic N) is 2. The second-order valence-corrected chi connectivity index (χ2v) is 3.89. The van der Waals surface area contributed by atoms with Gasteiger partial charge in [0.05, 0.1) is 10.5 Å². The molecule has 0 radical (unpaired) electrons. The van der Waals surface area contributed by atoms with Crippen LogP contribution in [-0.4, -0.2) is 21.0 Å². The lowest BCUT2D eigenvalue weighted by Gasteiger charge is -2.07. The van der Waals surface area contributed by atoms with Gasteiger partial charge in [0.15, 0.2) is 5.75 Å². The molecule has 0 saturated carbocycles. The van der Waals surface area contributed by atoms with E-state index in [2.05, 4.69) is 4.98 Å². The zero-order valence-corrected chi connectivity index (χ0v) is 10.2. The average molecular weight is 274 g/mol. The van der Waals surface area contributed by atoms with E-state index in [-0.39, 0.29) is 23.6 Å². The van der Waals surface area contributed by atoms with Crippen LogP contribution < -0.4 is 4.74 Å². The van der Waals surface area contributed by atoms with Gasteiger partial charge in [-0.3, -0.25) is 15.1 Å². The van der Waals surface area contributed by atoms with Crippen molar-refractivity contribution in [3.8, 4) is 5.75 Å². The van der Waals surface area contributed by atoms with Crippen LogP contribution in [0.5, 0.6) is 5.75 Å². The Hall–Kier alpha value is -2.96. The molecule has 0 bridgehead atoms. The minimum atomic E-state index is -1.23. The van der Waals surface area contributed by atoms with Gasteiger partial charge >= 0.3 is 11.7 Å². The molecule has 0 aliphatic heterocycles. The van der Waals surface area contributed by atoms with Crippen molar-refractivity contribution in [2.24, 2.45) is 0 Å². The smallest absolute Gasteiger partial charge is 0.335 e. The number of pyridine rings is 1. The molecule has 0 aliphatic rings. The maximum Gasteiger partial charge on any atom is 0.335 e. The summed E-state index contributed by atoms with van der Waals surface area (Å²) >= 11 is 0. The Balaban J connectivity index is 2.23. The van der Waals surface area contributed by atoms with Crippen LogP contribution in [0.4, 0.5) is 5.69 Å². The van der Waals surface area contributed by atoms with Crippen LogP contribution in [0.2, 0.25) is 0 Å². The third-order valence-electron chi connectivity index (χ3n) is 2.55. The molecule has 2 aromatic rings. The number of hydrogen-bond acceptors (Lipinski definition) is 5. The van der Waals surface area contributed by atoms with Gasteiger partial charge in [-0.15, -0.1) is 0 Å². The van der Waals surface area contributed by atoms with Crippen molar-refractivity contribution in [3.63, 3.8) is 0 Å². The first-order chi connectivity index (χ1) is 9.58. The number of rotatable bonds is 5. The number of benzene rings is 1. The van der Waals surface area contributed by atoms with E-state index in [1.165, 1.54) is 12.1 Å². The topological polar surface area (TPSA) is 103 Å². The third kappa shape index (κ3) is 3.08. The molecule has 1 N–H and O–H groups in total. The molecule has 7 nitrogen and oxygen atoms in total. The van der Waals surface area contributed by atoms with Crippen LogP contribution in [-0.2, 0) is 6.61 Å². The Bertz CT molecular complexity index is 642. The van der Waals surface area contributed by atoms with Crippen LogP contribution in [0.15, 0.2) is 42.7 Å². The summed E-state index contributed by atoms with van der Waals surface area (Å²) < 4.78 is 5.36. The van der Waals surface area contributed by atoms with E-state index in [4.69, 9.17) is 9.84 Å². The summed E-state index contributed by atoms with van der Waals surface area (Å²) in [6, 6.07) is 6.96. The zero-order valence-electron chi connectivity index (χ0n) is 10.2. The quantitative estimate of drug-likeness (QED) is 0.662. The van der Waals surface area contributed by atoms with Gasteiger partial charge < -0.3 is 9.84 Å². The fourth-order valence-electron chi connectivity index (χ4n) is 1.56. The van der Waals surface area contributed by atoms with Crippen LogP contribution in [0, 0.1) is 10.1 Å². The molecule has 1 aromatic heterocycles. The van der Waals surface area contributed by atoms with E-state index in [9.17, 15) is 14.9 Å². The van der Waals surface area contributed by atoms with Crippen molar-refractivity contribution < 1.29 is 19.6 Å². The van der Waals surface area contributed by atoms with Crippen LogP contribution in [0.25, 0.3) is 0 Å². The molecule has 1 aromatic carbocycles. The number of aromatic nitrogens is 1. The minimum absolute atomic E-state index is 0.0248. The summed E-state index contributed by atoms with van der Waals surface area (Å²) in [6.07, 6.45) is 3.17. The Kier molecular flexibility index (Phi) is 3.90. The molecule has 102 valence electrons. The Morgan fingerprint density at radius 3 is 2.60 bits per heavy atom. The summed E-state index contributed by atoms with van der Waals surface area (Å²) in [7, 11) is 0. The molecular weight excluding hydrogens is 264 g/mol. The molecule has 0 saturated heterocycles. The maximum atomic E-state index is 10.9. The predicted molar refractivity (Wildman–Crippen MR) is 68.6 cm³/mol. The van der Waals surface area contributed by atoms with E-state index >= 15 is 0 Å². The van der Waals surface area contributed by atoms with Gasteiger partial charge in [-0.25, -0.2) is 4.79 Å². The summed E-state index contributed by atoms with van der Waals surface area (Å²) in [4.78, 5) is 24.9. The van der Waals surface area contributed by atoms with Gasteiger partial charge in [0, 0.05) is 18.5 Å². The van der Waals surface area contributed by atoms with E-state index in [0.29, 0.717) is 0 Å². The van der Waals surface area contributed by atoms with E-state index < -0.39 is 10.9 Å². The van der Waals surface area contributed by atoms with Gasteiger partial charge in [-0.05, 0) is 29.8 Å². The molecule has 0 spiro atoms. The number of carboxylic acids is 1. The molecule has 0 unspecified atom stereocenters. The Morgan fingerprint density at radius 2 is 2.00 bits per heavy atom. The van der Waals surface area contributed by atoms with Gasteiger partial charge in [0.25, 0.3) is 0 Å². The molecular formula is C13H10N2O5. The second-order valence-electron chi connectivity index (χ2n) is 3.89. The summed E-state index contributed by atoms with van der Waals surface area (Å²) in [5.74, 6) is -1.20. The van der Waals surface area contributed by atoms with Crippen molar-refractivity contribution in [1.82, 2.24) is 4.98 Å². The number of hydrogen-bond donors (Lipinski definition) is 1. The molecule has 0 fully saturated rings. The van der Waals surface area contributed by atoms with Crippen LogP contribution in [0.3, 0.4) is 0 Å². The minimum Gasteiger partial charge on any atom is -0.482 e. The normalized spacial score (nSPS) is 10.0. The standard InChI is InChI=1S/C13H10N2O5/c16-13(17)10-1-2-12(11(7-10)15(18)19)20-8-9-3-5-14-6-4-9/h1-7H,8H2,(H,16,17). The SMILES string of the molecule is O=C(O)c1ccc(OCc2ccncc2)c([N+](=O)[O-])c1. The fourth-order valence-corrected chi connectivity index (χ4v) is 1.56. The second kappa shape index (κ2) is 5.79. The fraction of sp³-hybridized carbons (Fsp3) is 0.0769. The molecule has 2 rings (SSSR count). The summed E-state index contributed by atoms with van der Waals surface area (Å²) in [5.41, 5.74) is 0.267. The van der Waals surface area contributed by atoms with Gasteiger partial charge in [-0.2, -0.15) is 0 Å². The number of carbonyl (C=O) groups is 1. The third-order valence-corrected chi connectivity index (χ3v) is 2.55. The molecule has 7 heteroatoms. The largest absolute Gasteiger partial charge is 0.482 e. The highest BCUT2D eigenvalue weighted by molar-refractivity contribution is 5.88. The van der Waals surface area contributed by atoms with Crippen molar-refractivity contribution in [1.29, 1.82) is 0 Å². The van der Waals surface area contributed by atoms with Gasteiger partial charge in [-0.1, -0.05) is 0 Å². The highest BCUT2D eigenvalue weighted by Crippen LogP contribution is 2.28. The lowest BCUT2D eigenvalue weighted by atomic mass is 10.2. The first kappa shape index (κ1) is 13.5. The molecule has 0 aliphatic carbocycles. The zero-order chi connectivity index (χ0) is 14.5. The highest BCUT2D eigenvalue weighted by atomic mass is 16.6. The average Bonchev–Trinajstić information content (AvgIpc) is 2.45. The van der Waals surface area contributed by atoms with Gasteiger partial charge in [0.1, 0.15) is 6.61 Å². The first-order valence-electron chi connectivity index (χ1n) is 5.61. The lowest BCUT2D eigenvalue weighted by molar-refractivity contribution is -0.386. The van der Waals surface area contributed by atoms with Crippen LogP contribution in [0.1, 0.15) is 15.9 Å². The Labute approximate surface area is 113 Å². The Morgan fingerprint density at radius 1 is 1.30 bits per heavy atom. The molecule has 20 heavy (non-hydrogen) atoms. The number of ether oxygens (including phenoxy) is 1. The summed E-state index contributed by atoms with van der Waals surface area (Å²) in [5, 5.41) is 19.8. The van der Waals surface area contributed by atoms with Gasteiger partial charge in [0.2, 0.25) is 0 Å². The van der Waals surface area contributed by atoms with Crippen LogP contribution >= 0.6 is 0 Å². The first-order valence-corrected chi connectivity index (χ1v) is 5.61. The molecule has 0 amide bonds. The van der Waals surface area contributed by atoms with E-state index in [1.54, 1.807) is 24.5 Å². The number of nitro groups is 1. The number of carboxylic acid groups (broad SMARTS) is 1. The molecule has 0 atom stereocenters. The van der Waals surface area contributed by atoms with Crippen molar-refractivity contribution in [3.05, 3.63) is 64.0 Å². The van der Waals surface area contributed by atoms with Crippen molar-refractivity contribution in [2.75, 3.05) is 0 Å². The number of nitro benzene ring substituents is 1. The van der Waals surface area contributed by atoms with E-state index in [1.807, 2.05) is 0 Å².